The van der Waals surface area contributed by atoms with Gasteiger partial charge in [-0.3, -0.25) is 0 Å². The molecule has 4 heteroatoms. The van der Waals surface area contributed by atoms with Crippen molar-refractivity contribution in [1.82, 2.24) is 0 Å². The molecule has 0 bridgehead atoms. The number of benzene rings is 2. The predicted octanol–water partition coefficient (Wildman–Crippen LogP) is 1.07. The summed E-state index contributed by atoms with van der Waals surface area (Å²) in [5, 5.41) is 0. The summed E-state index contributed by atoms with van der Waals surface area (Å²) in [6.07, 6.45) is 0. The Kier molecular flexibility index (Phi) is 2.94. The van der Waals surface area contributed by atoms with E-state index in [2.05, 4.69) is 72.4 Å². The van der Waals surface area contributed by atoms with Gasteiger partial charge in [-0.1, -0.05) is 0 Å². The molecular formula is C16H14N2Se2. The van der Waals surface area contributed by atoms with E-state index in [4.69, 9.17) is 0 Å². The molecule has 0 unspecified atom stereocenters. The van der Waals surface area contributed by atoms with E-state index in [1.807, 2.05) is 0 Å². The number of hydrogen-bond acceptors (Lipinski definition) is 2. The van der Waals surface area contributed by atoms with Crippen molar-refractivity contribution in [3.63, 3.8) is 0 Å². The van der Waals surface area contributed by atoms with Crippen LogP contribution in [0.4, 0.5) is 11.4 Å². The Labute approximate surface area is 131 Å². The fraction of sp³-hybridized carbons (Fsp3) is 0.125. The van der Waals surface area contributed by atoms with Gasteiger partial charge in [0, 0.05) is 0 Å². The summed E-state index contributed by atoms with van der Waals surface area (Å²) in [4.78, 5) is 4.80. The van der Waals surface area contributed by atoms with E-state index in [9.17, 15) is 0 Å². The molecule has 0 atom stereocenters. The van der Waals surface area contributed by atoms with Gasteiger partial charge in [-0.2, -0.15) is 0 Å². The second kappa shape index (κ2) is 4.68. The monoisotopic (exact) mass is 394 g/mol. The van der Waals surface area contributed by atoms with E-state index < -0.39 is 0 Å². The first-order chi connectivity index (χ1) is 9.75. The van der Waals surface area contributed by atoms with Gasteiger partial charge in [-0.05, 0) is 0 Å². The first-order valence-electron chi connectivity index (χ1n) is 6.51. The summed E-state index contributed by atoms with van der Waals surface area (Å²) in [7, 11) is 4.42. The van der Waals surface area contributed by atoms with Crippen LogP contribution in [0, 0.1) is 0 Å². The molecule has 0 aliphatic carbocycles. The number of nitrogens with zero attached hydrogens (tertiary/aromatic N) is 2. The zero-order valence-electron chi connectivity index (χ0n) is 11.3. The van der Waals surface area contributed by atoms with Crippen molar-refractivity contribution in [1.29, 1.82) is 0 Å². The predicted molar refractivity (Wildman–Crippen MR) is 87.5 cm³/mol. The number of fused-ring (bicyclic) bond motifs is 2. The zero-order valence-corrected chi connectivity index (χ0v) is 14.8. The normalized spacial score (nSPS) is 20.3. The molecule has 20 heavy (non-hydrogen) atoms. The van der Waals surface area contributed by atoms with Crippen LogP contribution >= 0.6 is 0 Å². The fourth-order valence-electron chi connectivity index (χ4n) is 2.58. The summed E-state index contributed by atoms with van der Waals surface area (Å²) in [5.74, 6) is 0. The van der Waals surface area contributed by atoms with Gasteiger partial charge in [0.05, 0.1) is 0 Å². The molecule has 0 radical (unpaired) electrons. The molecule has 0 N–H and O–H groups in total. The maximum absolute atomic E-state index is 2.40. The van der Waals surface area contributed by atoms with Crippen molar-refractivity contribution in [2.24, 2.45) is 0 Å². The minimum atomic E-state index is 0.429. The quantitative estimate of drug-likeness (QED) is 0.620. The zero-order chi connectivity index (χ0) is 13.7. The van der Waals surface area contributed by atoms with Crippen LogP contribution in [0.5, 0.6) is 0 Å². The molecule has 0 spiro atoms. The van der Waals surface area contributed by atoms with Gasteiger partial charge in [-0.25, -0.2) is 0 Å². The van der Waals surface area contributed by atoms with Crippen LogP contribution in [0.25, 0.3) is 0 Å². The third-order valence-corrected chi connectivity index (χ3v) is 9.46. The maximum atomic E-state index is 2.40. The van der Waals surface area contributed by atoms with Crippen molar-refractivity contribution in [3.05, 3.63) is 57.7 Å². The van der Waals surface area contributed by atoms with E-state index in [1.54, 1.807) is 0 Å². The second-order valence-corrected chi connectivity index (χ2v) is 9.19. The van der Waals surface area contributed by atoms with Crippen LogP contribution in [0.2, 0.25) is 0 Å². The van der Waals surface area contributed by atoms with Crippen LogP contribution in [0.15, 0.2) is 57.7 Å². The van der Waals surface area contributed by atoms with Crippen LogP contribution < -0.4 is 18.7 Å². The van der Waals surface area contributed by atoms with Crippen molar-refractivity contribution in [3.8, 4) is 0 Å². The standard InChI is InChI=1S/C16H14N2Se2/c1-17-11-7-3-5-9-13(11)19-15(17)16-18(2)12-8-4-6-10-14(12)20-16/h3-10H,1-2H3/b16-15+. The Morgan fingerprint density at radius 2 is 1.05 bits per heavy atom. The molecule has 4 rings (SSSR count). The van der Waals surface area contributed by atoms with E-state index in [0.29, 0.717) is 29.9 Å². The molecule has 2 aliphatic heterocycles. The summed E-state index contributed by atoms with van der Waals surface area (Å²) < 4.78 is 6.06. The van der Waals surface area contributed by atoms with Crippen molar-refractivity contribution in [2.45, 2.75) is 0 Å². The Morgan fingerprint density at radius 3 is 1.45 bits per heavy atom. The van der Waals surface area contributed by atoms with E-state index in [-0.39, 0.29) is 0 Å². The van der Waals surface area contributed by atoms with Crippen LogP contribution in [0.3, 0.4) is 0 Å². The molecule has 100 valence electrons. The Morgan fingerprint density at radius 1 is 0.650 bits per heavy atom. The average Bonchev–Trinajstić information content (AvgIpc) is 2.98. The number of para-hydroxylation sites is 2. The van der Waals surface area contributed by atoms with Crippen LogP contribution in [-0.2, 0) is 0 Å². The van der Waals surface area contributed by atoms with E-state index in [1.165, 1.54) is 29.5 Å². The second-order valence-electron chi connectivity index (χ2n) is 4.87. The number of rotatable bonds is 0. The van der Waals surface area contributed by atoms with Crippen LogP contribution in [-0.4, -0.2) is 44.0 Å². The van der Waals surface area contributed by atoms with Gasteiger partial charge in [0.2, 0.25) is 0 Å². The van der Waals surface area contributed by atoms with Gasteiger partial charge in [0.25, 0.3) is 0 Å². The summed E-state index contributed by atoms with van der Waals surface area (Å²) in [6, 6.07) is 17.6. The first kappa shape index (κ1) is 12.6. The topological polar surface area (TPSA) is 6.48 Å². The SMILES string of the molecule is CN1/C(=C2\[Se]c3ccccc3N2C)[Se]c2ccccc21. The Hall–Kier alpha value is -1.18. The van der Waals surface area contributed by atoms with Gasteiger partial charge in [0.15, 0.2) is 0 Å². The Balaban J connectivity index is 1.80. The molecule has 0 fully saturated rings. The van der Waals surface area contributed by atoms with E-state index in [0.717, 1.165) is 0 Å². The molecule has 2 heterocycles. The molecule has 0 aromatic heterocycles. The molecule has 0 saturated heterocycles. The summed E-state index contributed by atoms with van der Waals surface area (Å²) in [5.41, 5.74) is 2.77. The summed E-state index contributed by atoms with van der Waals surface area (Å²) >= 11 is 0.859. The van der Waals surface area contributed by atoms with Crippen molar-refractivity contribution >= 4 is 50.2 Å². The molecule has 2 aromatic rings. The molecule has 2 nitrogen and oxygen atoms in total. The summed E-state index contributed by atoms with van der Waals surface area (Å²) in [6.45, 7) is 0. The molecule has 0 saturated carbocycles. The Bertz CT molecular complexity index is 662. The van der Waals surface area contributed by atoms with Gasteiger partial charge < -0.3 is 0 Å². The van der Waals surface area contributed by atoms with Crippen molar-refractivity contribution in [2.75, 3.05) is 23.9 Å². The molecule has 0 amide bonds. The van der Waals surface area contributed by atoms with Gasteiger partial charge in [-0.15, -0.1) is 0 Å². The van der Waals surface area contributed by atoms with Gasteiger partial charge in [0.1, 0.15) is 0 Å². The van der Waals surface area contributed by atoms with Crippen LogP contribution in [0.1, 0.15) is 0 Å². The minimum absolute atomic E-state index is 0.429. The fourth-order valence-corrected chi connectivity index (χ4v) is 8.20. The third kappa shape index (κ3) is 1.77. The number of hydrogen-bond donors (Lipinski definition) is 0. The third-order valence-electron chi connectivity index (χ3n) is 3.66. The van der Waals surface area contributed by atoms with Gasteiger partial charge >= 0.3 is 132 Å². The number of anilines is 2. The first-order valence-corrected chi connectivity index (χ1v) is 9.94. The average molecular weight is 392 g/mol. The van der Waals surface area contributed by atoms with E-state index >= 15 is 0 Å². The molecule has 2 aromatic carbocycles. The molecule has 2 aliphatic rings. The van der Waals surface area contributed by atoms with Crippen molar-refractivity contribution < 1.29 is 0 Å². The molecular weight excluding hydrogens is 378 g/mol.